The normalized spacial score (nSPS) is 11.0. The number of thioether (sulfide) groups is 1. The number of para-hydroxylation sites is 1. The van der Waals surface area contributed by atoms with Gasteiger partial charge in [-0.3, -0.25) is 5.43 Å². The molecule has 2 aromatic rings. The van der Waals surface area contributed by atoms with Crippen molar-refractivity contribution in [3.8, 4) is 5.75 Å². The number of hydrogen-bond acceptors (Lipinski definition) is 6. The molecule has 0 aliphatic rings. The minimum Gasteiger partial charge on any atom is -0.549 e. The van der Waals surface area contributed by atoms with Crippen LogP contribution in [0.25, 0.3) is 0 Å². The first kappa shape index (κ1) is 21.7. The highest BCUT2D eigenvalue weighted by molar-refractivity contribution is 7.99. The van der Waals surface area contributed by atoms with Crippen molar-refractivity contribution >= 4 is 46.5 Å². The number of hydrazone groups is 1. The van der Waals surface area contributed by atoms with Gasteiger partial charge in [-0.15, -0.1) is 0 Å². The predicted molar refractivity (Wildman–Crippen MR) is 117 cm³/mol. The van der Waals surface area contributed by atoms with Crippen molar-refractivity contribution in [1.82, 2.24) is 5.43 Å². The molecule has 0 fully saturated rings. The molecule has 2 rings (SSSR count). The van der Waals surface area contributed by atoms with Crippen molar-refractivity contribution in [3.63, 3.8) is 0 Å². The van der Waals surface area contributed by atoms with E-state index in [4.69, 9.17) is 17.0 Å². The van der Waals surface area contributed by atoms with Gasteiger partial charge in [0.2, 0.25) is 0 Å². The molecule has 6 nitrogen and oxygen atoms in total. The molecule has 0 radical (unpaired) electrons. The Balaban J connectivity index is 2.05. The molecule has 2 N–H and O–H groups in total. The van der Waals surface area contributed by atoms with Crippen LogP contribution in [0.5, 0.6) is 5.75 Å². The second-order valence-corrected chi connectivity index (χ2v) is 7.36. The number of methoxy groups -OCH3 is 1. The second kappa shape index (κ2) is 10.7. The van der Waals surface area contributed by atoms with Gasteiger partial charge in [0.25, 0.3) is 0 Å². The summed E-state index contributed by atoms with van der Waals surface area (Å²) in [6.45, 7) is 3.86. The van der Waals surface area contributed by atoms with E-state index in [-0.39, 0.29) is 5.75 Å². The standard InChI is InChI=1S/C20H23N3O3S2/c1-13-6-4-5-7-17(13)21-20(27)23-22-14(2)15-8-9-18(26-3)16(10-15)11-28-12-19(24)25/h4-10H,11-12H2,1-3H3,(H,24,25)(H2,21,23,27)/p-1/b22-14-. The lowest BCUT2D eigenvalue weighted by molar-refractivity contribution is -0.301. The summed E-state index contributed by atoms with van der Waals surface area (Å²) in [5, 5.41) is 18.5. The van der Waals surface area contributed by atoms with Crippen molar-refractivity contribution in [2.45, 2.75) is 19.6 Å². The average Bonchev–Trinajstić information content (AvgIpc) is 2.67. The van der Waals surface area contributed by atoms with Crippen LogP contribution in [0, 0.1) is 6.92 Å². The van der Waals surface area contributed by atoms with Gasteiger partial charge in [0.1, 0.15) is 5.75 Å². The fraction of sp³-hybridized carbons (Fsp3) is 0.250. The van der Waals surface area contributed by atoms with Crippen molar-refractivity contribution in [1.29, 1.82) is 0 Å². The second-order valence-electron chi connectivity index (χ2n) is 5.97. The minimum absolute atomic E-state index is 0.0686. The molecule has 0 aliphatic carbocycles. The maximum Gasteiger partial charge on any atom is 0.191 e. The first-order valence-corrected chi connectivity index (χ1v) is 10.1. The first-order valence-electron chi connectivity index (χ1n) is 8.52. The van der Waals surface area contributed by atoms with Crippen LogP contribution in [0.15, 0.2) is 47.6 Å². The summed E-state index contributed by atoms with van der Waals surface area (Å²) in [5.41, 5.74) is 7.37. The van der Waals surface area contributed by atoms with Gasteiger partial charge in [-0.2, -0.15) is 16.9 Å². The first-order chi connectivity index (χ1) is 13.4. The van der Waals surface area contributed by atoms with Gasteiger partial charge in [-0.25, -0.2) is 0 Å². The number of ether oxygens (including phenoxy) is 1. The number of nitrogens with zero attached hydrogens (tertiary/aromatic N) is 1. The van der Waals surface area contributed by atoms with Gasteiger partial charge < -0.3 is 20.0 Å². The molecule has 0 spiro atoms. The Morgan fingerprint density at radius 3 is 2.71 bits per heavy atom. The number of benzene rings is 2. The molecule has 0 heterocycles. The zero-order valence-electron chi connectivity index (χ0n) is 15.9. The van der Waals surface area contributed by atoms with Crippen LogP contribution in [0.1, 0.15) is 23.6 Å². The summed E-state index contributed by atoms with van der Waals surface area (Å²) in [7, 11) is 1.58. The van der Waals surface area contributed by atoms with Gasteiger partial charge in [0, 0.05) is 22.8 Å². The minimum atomic E-state index is -1.09. The number of thiocarbonyl (C=S) groups is 1. The molecule has 148 valence electrons. The zero-order chi connectivity index (χ0) is 20.5. The number of hydrogen-bond donors (Lipinski definition) is 2. The Labute approximate surface area is 174 Å². The molecule has 0 aliphatic heterocycles. The van der Waals surface area contributed by atoms with Crippen LogP contribution in [0.2, 0.25) is 0 Å². The summed E-state index contributed by atoms with van der Waals surface area (Å²) < 4.78 is 5.35. The number of carboxylic acids is 1. The number of aryl methyl sites for hydroxylation is 1. The van der Waals surface area contributed by atoms with Gasteiger partial charge >= 0.3 is 0 Å². The number of nitrogens with one attached hydrogen (secondary N) is 2. The van der Waals surface area contributed by atoms with Crippen molar-refractivity contribution in [2.75, 3.05) is 18.2 Å². The lowest BCUT2D eigenvalue weighted by Gasteiger charge is -2.12. The van der Waals surface area contributed by atoms with Crippen LogP contribution in [0.3, 0.4) is 0 Å². The average molecular weight is 417 g/mol. The van der Waals surface area contributed by atoms with Crippen molar-refractivity contribution in [2.24, 2.45) is 5.10 Å². The molecule has 0 bridgehead atoms. The van der Waals surface area contributed by atoms with E-state index in [0.29, 0.717) is 16.6 Å². The molecule has 0 amide bonds. The Bertz CT molecular complexity index is 885. The quantitative estimate of drug-likeness (QED) is 0.389. The number of anilines is 1. The number of carboxylic acid groups (broad SMARTS) is 1. The SMILES string of the molecule is COc1ccc(/C(C)=N\NC(=S)Nc2ccccc2C)cc1CSCC(=O)[O-]. The number of carbonyl (C=O) groups excluding carboxylic acids is 1. The molecule has 8 heteroatoms. The predicted octanol–water partition coefficient (Wildman–Crippen LogP) is 2.70. The van der Waals surface area contributed by atoms with Crippen LogP contribution in [0.4, 0.5) is 5.69 Å². The lowest BCUT2D eigenvalue weighted by Crippen LogP contribution is -2.25. The largest absolute Gasteiger partial charge is 0.549 e. The summed E-state index contributed by atoms with van der Waals surface area (Å²) in [5.74, 6) is 0.0450. The Kier molecular flexibility index (Phi) is 8.28. The molecule has 0 atom stereocenters. The van der Waals surface area contributed by atoms with Crippen molar-refractivity contribution in [3.05, 3.63) is 59.2 Å². The topological polar surface area (TPSA) is 85.8 Å². The van der Waals surface area contributed by atoms with Gasteiger partial charge in [-0.05, 0) is 61.5 Å². The van der Waals surface area contributed by atoms with E-state index >= 15 is 0 Å². The highest BCUT2D eigenvalue weighted by Gasteiger charge is 2.07. The Morgan fingerprint density at radius 1 is 1.29 bits per heavy atom. The molecular formula is C20H22N3O3S2-. The summed E-state index contributed by atoms with van der Waals surface area (Å²) in [6, 6.07) is 13.5. The fourth-order valence-electron chi connectivity index (χ4n) is 2.42. The molecule has 28 heavy (non-hydrogen) atoms. The third-order valence-corrected chi connectivity index (χ3v) is 5.04. The maximum atomic E-state index is 10.6. The summed E-state index contributed by atoms with van der Waals surface area (Å²) in [6.07, 6.45) is 0. The molecular weight excluding hydrogens is 394 g/mol. The van der Waals surface area contributed by atoms with E-state index < -0.39 is 5.97 Å². The van der Waals surface area contributed by atoms with E-state index in [2.05, 4.69) is 15.8 Å². The lowest BCUT2D eigenvalue weighted by atomic mass is 10.1. The Hall–Kier alpha value is -2.58. The third kappa shape index (κ3) is 6.54. The van der Waals surface area contributed by atoms with E-state index in [1.165, 1.54) is 11.8 Å². The van der Waals surface area contributed by atoms with Gasteiger partial charge in [0.15, 0.2) is 5.11 Å². The molecule has 2 aromatic carbocycles. The molecule has 0 unspecified atom stereocenters. The van der Waals surface area contributed by atoms with Gasteiger partial charge in [-0.1, -0.05) is 18.2 Å². The van der Waals surface area contributed by atoms with Gasteiger partial charge in [0.05, 0.1) is 18.8 Å². The maximum absolute atomic E-state index is 10.6. The van der Waals surface area contributed by atoms with Crippen LogP contribution >= 0.6 is 24.0 Å². The van der Waals surface area contributed by atoms with Crippen molar-refractivity contribution < 1.29 is 14.6 Å². The van der Waals surface area contributed by atoms with Crippen LogP contribution < -0.4 is 20.6 Å². The summed E-state index contributed by atoms with van der Waals surface area (Å²) >= 11 is 6.55. The molecule has 0 saturated heterocycles. The fourth-order valence-corrected chi connectivity index (χ4v) is 3.29. The molecule has 0 aromatic heterocycles. The Morgan fingerprint density at radius 2 is 2.04 bits per heavy atom. The van der Waals surface area contributed by atoms with E-state index in [1.807, 2.05) is 56.3 Å². The summed E-state index contributed by atoms with van der Waals surface area (Å²) in [4.78, 5) is 10.6. The zero-order valence-corrected chi connectivity index (χ0v) is 17.6. The molecule has 0 saturated carbocycles. The number of carbonyl (C=O) groups is 1. The highest BCUT2D eigenvalue weighted by Crippen LogP contribution is 2.25. The third-order valence-electron chi connectivity index (χ3n) is 3.89. The monoisotopic (exact) mass is 416 g/mol. The number of rotatable bonds is 8. The number of aliphatic carboxylic acids is 1. The van der Waals surface area contributed by atoms with Crippen LogP contribution in [-0.2, 0) is 10.5 Å². The van der Waals surface area contributed by atoms with E-state index in [1.54, 1.807) is 7.11 Å². The highest BCUT2D eigenvalue weighted by atomic mass is 32.2. The van der Waals surface area contributed by atoms with E-state index in [9.17, 15) is 9.90 Å². The smallest absolute Gasteiger partial charge is 0.191 e. The van der Waals surface area contributed by atoms with Crippen LogP contribution in [-0.4, -0.2) is 29.7 Å². The van der Waals surface area contributed by atoms with E-state index in [0.717, 1.165) is 28.1 Å².